The lowest BCUT2D eigenvalue weighted by Gasteiger charge is -2.34. The molecule has 0 saturated carbocycles. The molecule has 2 heterocycles. The first-order chi connectivity index (χ1) is 10.8. The third-order valence-corrected chi connectivity index (χ3v) is 4.55. The van der Waals surface area contributed by atoms with Crippen LogP contribution in [0.3, 0.4) is 0 Å². The smallest absolute Gasteiger partial charge is 0.410 e. The first-order valence-corrected chi connectivity index (χ1v) is 8.75. The van der Waals surface area contributed by atoms with Gasteiger partial charge in [-0.3, -0.25) is 4.68 Å². The van der Waals surface area contributed by atoms with Crippen LogP contribution < -0.4 is 0 Å². The van der Waals surface area contributed by atoms with Gasteiger partial charge in [-0.15, -0.1) is 0 Å². The van der Waals surface area contributed by atoms with Crippen molar-refractivity contribution in [3.05, 3.63) is 28.9 Å². The minimum Gasteiger partial charge on any atom is -0.444 e. The number of piperidine rings is 1. The second-order valence-corrected chi connectivity index (χ2v) is 7.73. The highest BCUT2D eigenvalue weighted by Crippen LogP contribution is 2.30. The third-order valence-electron chi connectivity index (χ3n) is 3.96. The Morgan fingerprint density at radius 3 is 2.83 bits per heavy atom. The number of nitrogens with zero attached hydrogens (tertiary/aromatic N) is 3. The van der Waals surface area contributed by atoms with E-state index in [1.54, 1.807) is 4.90 Å². The molecule has 1 fully saturated rings. The maximum Gasteiger partial charge on any atom is 0.410 e. The van der Waals surface area contributed by atoms with Crippen LogP contribution in [0.15, 0.2) is 28.9 Å². The number of para-hydroxylation sites is 1. The fourth-order valence-electron chi connectivity index (χ4n) is 2.98. The molecule has 5 nitrogen and oxygen atoms in total. The zero-order valence-corrected chi connectivity index (χ0v) is 15.3. The van der Waals surface area contributed by atoms with Gasteiger partial charge in [0, 0.05) is 18.5 Å². The maximum absolute atomic E-state index is 12.3. The summed E-state index contributed by atoms with van der Waals surface area (Å²) in [7, 11) is 0. The average Bonchev–Trinajstić information content (AvgIpc) is 2.83. The monoisotopic (exact) mass is 379 g/mol. The molecule has 6 heteroatoms. The van der Waals surface area contributed by atoms with Gasteiger partial charge in [0.1, 0.15) is 10.2 Å². The van der Waals surface area contributed by atoms with Crippen molar-refractivity contribution in [2.24, 2.45) is 0 Å². The Morgan fingerprint density at radius 1 is 1.35 bits per heavy atom. The molecule has 1 saturated heterocycles. The molecule has 2 aromatic rings. The fourth-order valence-corrected chi connectivity index (χ4v) is 3.48. The minimum absolute atomic E-state index is 0.174. The van der Waals surface area contributed by atoms with E-state index in [1.165, 1.54) is 0 Å². The van der Waals surface area contributed by atoms with E-state index in [-0.39, 0.29) is 12.1 Å². The Hall–Kier alpha value is -1.56. The van der Waals surface area contributed by atoms with Crippen LogP contribution in [-0.2, 0) is 4.74 Å². The lowest BCUT2D eigenvalue weighted by Crippen LogP contribution is -2.43. The number of aromatic nitrogens is 2. The topological polar surface area (TPSA) is 47.4 Å². The average molecular weight is 380 g/mol. The van der Waals surface area contributed by atoms with Crippen molar-refractivity contribution >= 4 is 32.9 Å². The number of carbonyl (C=O) groups excluding carboxylic acids is 1. The molecule has 1 amide bonds. The maximum atomic E-state index is 12.3. The summed E-state index contributed by atoms with van der Waals surface area (Å²) in [4.78, 5) is 14.1. The van der Waals surface area contributed by atoms with Gasteiger partial charge in [-0.05, 0) is 55.6 Å². The number of rotatable bonds is 1. The van der Waals surface area contributed by atoms with Crippen molar-refractivity contribution in [2.45, 2.75) is 45.3 Å². The van der Waals surface area contributed by atoms with Crippen LogP contribution in [0.2, 0.25) is 0 Å². The summed E-state index contributed by atoms with van der Waals surface area (Å²) in [6.45, 7) is 7.05. The van der Waals surface area contributed by atoms with E-state index in [9.17, 15) is 4.79 Å². The molecule has 124 valence electrons. The lowest BCUT2D eigenvalue weighted by atomic mass is 10.1. The van der Waals surface area contributed by atoms with Gasteiger partial charge < -0.3 is 9.64 Å². The molecule has 1 aromatic carbocycles. The molecule has 0 bridgehead atoms. The molecule has 1 aliphatic rings. The molecule has 1 aromatic heterocycles. The van der Waals surface area contributed by atoms with E-state index in [2.05, 4.69) is 33.2 Å². The highest BCUT2D eigenvalue weighted by Gasteiger charge is 2.29. The molecule has 0 radical (unpaired) electrons. The van der Waals surface area contributed by atoms with Crippen LogP contribution in [0.4, 0.5) is 4.79 Å². The summed E-state index contributed by atoms with van der Waals surface area (Å²) in [5, 5.41) is 5.74. The molecular formula is C17H22BrN3O2. The van der Waals surface area contributed by atoms with E-state index in [1.807, 2.05) is 37.6 Å². The summed E-state index contributed by atoms with van der Waals surface area (Å²) in [6, 6.07) is 8.32. The van der Waals surface area contributed by atoms with Gasteiger partial charge >= 0.3 is 6.09 Å². The number of benzene rings is 1. The highest BCUT2D eigenvalue weighted by molar-refractivity contribution is 9.10. The zero-order chi connectivity index (χ0) is 16.6. The third kappa shape index (κ3) is 3.52. The van der Waals surface area contributed by atoms with Crippen LogP contribution in [-0.4, -0.2) is 39.5 Å². The van der Waals surface area contributed by atoms with Gasteiger partial charge in [0.25, 0.3) is 0 Å². The summed E-state index contributed by atoms with van der Waals surface area (Å²) in [5.74, 6) is 0. The Kier molecular flexibility index (Phi) is 4.36. The molecule has 0 unspecified atom stereocenters. The Labute approximate surface area is 144 Å². The zero-order valence-electron chi connectivity index (χ0n) is 13.8. The Morgan fingerprint density at radius 2 is 2.09 bits per heavy atom. The molecular weight excluding hydrogens is 358 g/mol. The van der Waals surface area contributed by atoms with Crippen molar-refractivity contribution in [1.29, 1.82) is 0 Å². The first kappa shape index (κ1) is 16.3. The molecule has 0 N–H and O–H groups in total. The van der Waals surface area contributed by atoms with Crippen LogP contribution in [0.25, 0.3) is 10.9 Å². The number of likely N-dealkylation sites (tertiary alicyclic amines) is 1. The predicted molar refractivity (Wildman–Crippen MR) is 93.5 cm³/mol. The van der Waals surface area contributed by atoms with Crippen LogP contribution in [0.5, 0.6) is 0 Å². The van der Waals surface area contributed by atoms with Crippen molar-refractivity contribution in [1.82, 2.24) is 14.7 Å². The Balaban J connectivity index is 1.82. The molecule has 1 aliphatic heterocycles. The summed E-state index contributed by atoms with van der Waals surface area (Å²) in [6.07, 6.45) is 1.73. The number of amides is 1. The van der Waals surface area contributed by atoms with E-state index in [0.29, 0.717) is 6.54 Å². The summed E-state index contributed by atoms with van der Waals surface area (Å²) < 4.78 is 8.39. The van der Waals surface area contributed by atoms with Crippen LogP contribution in [0, 0.1) is 0 Å². The summed E-state index contributed by atoms with van der Waals surface area (Å²) in [5.41, 5.74) is 0.626. The number of hydrogen-bond donors (Lipinski definition) is 0. The minimum atomic E-state index is -0.467. The quantitative estimate of drug-likeness (QED) is 0.738. The van der Waals surface area contributed by atoms with E-state index in [4.69, 9.17) is 4.74 Å². The van der Waals surface area contributed by atoms with Gasteiger partial charge in [-0.2, -0.15) is 5.10 Å². The largest absolute Gasteiger partial charge is 0.444 e. The van der Waals surface area contributed by atoms with Crippen molar-refractivity contribution in [3.8, 4) is 0 Å². The number of hydrogen-bond acceptors (Lipinski definition) is 3. The van der Waals surface area contributed by atoms with E-state index >= 15 is 0 Å². The summed E-state index contributed by atoms with van der Waals surface area (Å²) >= 11 is 3.53. The van der Waals surface area contributed by atoms with Crippen molar-refractivity contribution in [2.75, 3.05) is 13.1 Å². The number of carbonyl (C=O) groups is 1. The molecule has 0 aliphatic carbocycles. The van der Waals surface area contributed by atoms with Gasteiger partial charge in [0.15, 0.2) is 0 Å². The van der Waals surface area contributed by atoms with Crippen molar-refractivity contribution in [3.63, 3.8) is 0 Å². The van der Waals surface area contributed by atoms with E-state index < -0.39 is 5.60 Å². The second kappa shape index (κ2) is 6.15. The number of halogens is 1. The normalized spacial score (nSPS) is 19.1. The van der Waals surface area contributed by atoms with Gasteiger partial charge in [0.05, 0.1) is 11.6 Å². The van der Waals surface area contributed by atoms with Gasteiger partial charge in [-0.25, -0.2) is 4.79 Å². The predicted octanol–water partition coefficient (Wildman–Crippen LogP) is 4.37. The molecule has 3 rings (SSSR count). The fraction of sp³-hybridized carbons (Fsp3) is 0.529. The number of ether oxygens (including phenoxy) is 1. The van der Waals surface area contributed by atoms with Gasteiger partial charge in [-0.1, -0.05) is 18.2 Å². The molecule has 0 spiro atoms. The van der Waals surface area contributed by atoms with E-state index in [0.717, 1.165) is 34.9 Å². The van der Waals surface area contributed by atoms with Crippen LogP contribution in [0.1, 0.15) is 39.7 Å². The Bertz CT molecular complexity index is 720. The lowest BCUT2D eigenvalue weighted by molar-refractivity contribution is 0.0169. The van der Waals surface area contributed by atoms with Crippen LogP contribution >= 0.6 is 15.9 Å². The molecule has 1 atom stereocenters. The molecule has 23 heavy (non-hydrogen) atoms. The van der Waals surface area contributed by atoms with Crippen molar-refractivity contribution < 1.29 is 9.53 Å². The number of fused-ring (bicyclic) bond motifs is 1. The first-order valence-electron chi connectivity index (χ1n) is 7.96. The SMILES string of the molecule is CC(C)(C)OC(=O)N1CCC[C@@H](n2nc(Br)c3ccccc32)C1. The second-order valence-electron chi connectivity index (χ2n) is 6.97. The highest BCUT2D eigenvalue weighted by atomic mass is 79.9. The standard InChI is InChI=1S/C17H22BrN3O2/c1-17(2,3)23-16(22)20-10-6-7-12(11-20)21-14-9-5-4-8-13(14)15(18)19-21/h4-5,8-9,12H,6-7,10-11H2,1-3H3/t12-/m1/s1. The van der Waals surface area contributed by atoms with Gasteiger partial charge in [0.2, 0.25) is 0 Å².